The number of benzene rings is 1. The first kappa shape index (κ1) is 18.9. The molecule has 0 aromatic heterocycles. The molecule has 1 aromatic rings. The molecule has 20 heavy (non-hydrogen) atoms. The third-order valence-corrected chi connectivity index (χ3v) is 3.42. The molecule has 1 amide bonds. The molecule has 0 bridgehead atoms. The van der Waals surface area contributed by atoms with Crippen LogP contribution in [-0.2, 0) is 21.1 Å². The zero-order valence-electron chi connectivity index (χ0n) is 11.5. The fourth-order valence-electron chi connectivity index (χ4n) is 1.74. The van der Waals surface area contributed by atoms with E-state index < -0.39 is 15.6 Å². The van der Waals surface area contributed by atoms with Crippen molar-refractivity contribution in [1.29, 1.82) is 0 Å². The molecule has 0 spiro atoms. The van der Waals surface area contributed by atoms with Crippen LogP contribution in [0.25, 0.3) is 0 Å². The highest BCUT2D eigenvalue weighted by Gasteiger charge is 2.17. The quantitative estimate of drug-likeness (QED) is 0.792. The molecule has 1 aromatic carbocycles. The Bertz CT molecular complexity index is 506. The van der Waals surface area contributed by atoms with Gasteiger partial charge in [0.1, 0.15) is 5.75 Å². The minimum Gasteiger partial charge on any atom is -0.340 e. The van der Waals surface area contributed by atoms with Gasteiger partial charge in [0.2, 0.25) is 5.91 Å². The lowest BCUT2D eigenvalue weighted by atomic mass is 10.1. The zero-order valence-corrected chi connectivity index (χ0v) is 13.1. The Morgan fingerprint density at radius 3 is 2.30 bits per heavy atom. The van der Waals surface area contributed by atoms with E-state index in [0.717, 1.165) is 11.8 Å². The molecule has 0 saturated heterocycles. The van der Waals surface area contributed by atoms with Gasteiger partial charge in [0.05, 0.1) is 0 Å². The summed E-state index contributed by atoms with van der Waals surface area (Å²) in [6.45, 7) is 1.18. The fourth-order valence-corrected chi connectivity index (χ4v) is 2.37. The normalized spacial score (nSPS) is 10.7. The van der Waals surface area contributed by atoms with E-state index in [-0.39, 0.29) is 18.3 Å². The van der Waals surface area contributed by atoms with Crippen LogP contribution in [0.5, 0.6) is 0 Å². The topological polar surface area (TPSA) is 80.5 Å². The molecule has 0 fully saturated rings. The van der Waals surface area contributed by atoms with Gasteiger partial charge in [-0.05, 0) is 12.0 Å². The molecule has 0 saturated carbocycles. The molecule has 1 rings (SSSR count). The molecule has 7 heteroatoms. The summed E-state index contributed by atoms with van der Waals surface area (Å²) in [7, 11) is -3.30. The Morgan fingerprint density at radius 2 is 1.80 bits per heavy atom. The molecule has 0 aliphatic rings. The first-order chi connectivity index (χ1) is 8.92. The second-order valence-corrected chi connectivity index (χ2v) is 6.62. The van der Waals surface area contributed by atoms with Crippen LogP contribution in [-0.4, -0.2) is 50.9 Å². The van der Waals surface area contributed by atoms with Crippen LogP contribution in [0.2, 0.25) is 0 Å². The molecule has 2 N–H and O–H groups in total. The fraction of sp³-hybridized carbons (Fsp3) is 0.462. The van der Waals surface area contributed by atoms with Crippen LogP contribution in [0.4, 0.5) is 0 Å². The van der Waals surface area contributed by atoms with Crippen molar-refractivity contribution in [3.8, 4) is 0 Å². The van der Waals surface area contributed by atoms with Crippen molar-refractivity contribution in [3.05, 3.63) is 35.9 Å². The smallest absolute Gasteiger partial charge is 0.237 e. The van der Waals surface area contributed by atoms with Crippen molar-refractivity contribution in [1.82, 2.24) is 4.90 Å². The summed E-state index contributed by atoms with van der Waals surface area (Å²) in [6, 6.07) is 9.74. The van der Waals surface area contributed by atoms with Crippen LogP contribution < -0.4 is 5.73 Å². The van der Waals surface area contributed by atoms with Crippen molar-refractivity contribution >= 4 is 28.2 Å². The van der Waals surface area contributed by atoms with Crippen LogP contribution in [0.1, 0.15) is 5.56 Å². The first-order valence-electron chi connectivity index (χ1n) is 6.12. The maximum absolute atomic E-state index is 11.9. The van der Waals surface area contributed by atoms with Gasteiger partial charge in [-0.2, -0.15) is 0 Å². The molecular weight excluding hydrogens is 300 g/mol. The van der Waals surface area contributed by atoms with Crippen LogP contribution in [0, 0.1) is 0 Å². The summed E-state index contributed by atoms with van der Waals surface area (Å²) in [5, 5.41) is 0. The lowest BCUT2D eigenvalue weighted by molar-refractivity contribution is -0.128. The minimum absolute atomic E-state index is 0. The van der Waals surface area contributed by atoms with Crippen molar-refractivity contribution in [2.45, 2.75) is 6.42 Å². The van der Waals surface area contributed by atoms with E-state index in [2.05, 4.69) is 0 Å². The molecule has 0 radical (unpaired) electrons. The van der Waals surface area contributed by atoms with Crippen molar-refractivity contribution in [2.24, 2.45) is 5.73 Å². The van der Waals surface area contributed by atoms with Gasteiger partial charge in [-0.25, -0.2) is 8.42 Å². The molecule has 5 nitrogen and oxygen atoms in total. The molecule has 0 unspecified atom stereocenters. The van der Waals surface area contributed by atoms with Crippen LogP contribution in [0.3, 0.4) is 0 Å². The number of sulfone groups is 1. The highest BCUT2D eigenvalue weighted by molar-refractivity contribution is 7.91. The Hall–Kier alpha value is -1.11. The monoisotopic (exact) mass is 320 g/mol. The maximum atomic E-state index is 11.9. The van der Waals surface area contributed by atoms with Gasteiger partial charge in [0.25, 0.3) is 0 Å². The minimum atomic E-state index is -3.30. The predicted octanol–water partition coefficient (Wildman–Crippen LogP) is 0.483. The summed E-state index contributed by atoms with van der Waals surface area (Å²) in [5.74, 6) is -0.842. The second kappa shape index (κ2) is 8.94. The molecule has 114 valence electrons. The Labute approximate surface area is 126 Å². The molecule has 0 aliphatic carbocycles. The standard InChI is InChI=1S/C13H20N2O3S.ClH/c1-19(17,18)11-13(16)15(10-8-14)9-7-12-5-3-2-4-6-12;/h2-6H,7-11,14H2,1H3;1H. The summed E-state index contributed by atoms with van der Waals surface area (Å²) in [4.78, 5) is 13.4. The Kier molecular flexibility index (Phi) is 8.45. The number of halogens is 1. The van der Waals surface area contributed by atoms with Crippen molar-refractivity contribution in [2.75, 3.05) is 31.6 Å². The first-order valence-corrected chi connectivity index (χ1v) is 8.18. The summed E-state index contributed by atoms with van der Waals surface area (Å²) in [6.07, 6.45) is 1.75. The van der Waals surface area contributed by atoms with E-state index in [1.807, 2.05) is 30.3 Å². The highest BCUT2D eigenvalue weighted by Crippen LogP contribution is 2.02. The second-order valence-electron chi connectivity index (χ2n) is 4.48. The summed E-state index contributed by atoms with van der Waals surface area (Å²) < 4.78 is 22.3. The average molecular weight is 321 g/mol. The Morgan fingerprint density at radius 1 is 1.20 bits per heavy atom. The third-order valence-electron chi connectivity index (χ3n) is 2.65. The number of nitrogens with zero attached hydrogens (tertiary/aromatic N) is 1. The van der Waals surface area contributed by atoms with E-state index in [1.54, 1.807) is 0 Å². The number of hydrogen-bond acceptors (Lipinski definition) is 4. The largest absolute Gasteiger partial charge is 0.340 e. The zero-order chi connectivity index (χ0) is 14.3. The number of hydrogen-bond donors (Lipinski definition) is 1. The number of carbonyl (C=O) groups is 1. The third kappa shape index (κ3) is 7.47. The summed E-state index contributed by atoms with van der Waals surface area (Å²) in [5.41, 5.74) is 6.56. The predicted molar refractivity (Wildman–Crippen MR) is 82.7 cm³/mol. The number of carbonyl (C=O) groups excluding carboxylic acids is 1. The average Bonchev–Trinajstić information content (AvgIpc) is 2.33. The van der Waals surface area contributed by atoms with Crippen LogP contribution in [0.15, 0.2) is 30.3 Å². The Balaban J connectivity index is 0.00000361. The van der Waals surface area contributed by atoms with Gasteiger partial charge in [-0.1, -0.05) is 30.3 Å². The lowest BCUT2D eigenvalue weighted by Gasteiger charge is -2.21. The van der Waals surface area contributed by atoms with E-state index in [4.69, 9.17) is 5.73 Å². The lowest BCUT2D eigenvalue weighted by Crippen LogP contribution is -2.40. The number of amides is 1. The molecule has 0 heterocycles. The van der Waals surface area contributed by atoms with Gasteiger partial charge in [0.15, 0.2) is 9.84 Å². The van der Waals surface area contributed by atoms with E-state index in [1.165, 1.54) is 4.90 Å². The molecule has 0 aliphatic heterocycles. The molecule has 0 atom stereocenters. The van der Waals surface area contributed by atoms with Gasteiger partial charge >= 0.3 is 0 Å². The summed E-state index contributed by atoms with van der Waals surface area (Å²) >= 11 is 0. The van der Waals surface area contributed by atoms with Gasteiger partial charge < -0.3 is 10.6 Å². The number of nitrogens with two attached hydrogens (primary N) is 1. The van der Waals surface area contributed by atoms with Crippen molar-refractivity contribution < 1.29 is 13.2 Å². The van der Waals surface area contributed by atoms with Gasteiger partial charge in [0, 0.05) is 25.9 Å². The van der Waals surface area contributed by atoms with Gasteiger partial charge in [-0.3, -0.25) is 4.79 Å². The molecular formula is C13H21ClN2O3S. The highest BCUT2D eigenvalue weighted by atomic mass is 35.5. The SMILES string of the molecule is CS(=O)(=O)CC(=O)N(CCN)CCc1ccccc1.Cl. The van der Waals surface area contributed by atoms with Crippen molar-refractivity contribution in [3.63, 3.8) is 0 Å². The number of rotatable bonds is 7. The van der Waals surface area contributed by atoms with Crippen LogP contribution >= 0.6 is 12.4 Å². The van der Waals surface area contributed by atoms with E-state index in [0.29, 0.717) is 26.1 Å². The maximum Gasteiger partial charge on any atom is 0.237 e. The van der Waals surface area contributed by atoms with Gasteiger partial charge in [-0.15, -0.1) is 12.4 Å². The van der Waals surface area contributed by atoms with E-state index >= 15 is 0 Å². The van der Waals surface area contributed by atoms with E-state index in [9.17, 15) is 13.2 Å².